The van der Waals surface area contributed by atoms with Gasteiger partial charge in [-0.2, -0.15) is 0 Å². The largest absolute Gasteiger partial charge is 0.464 e. The predicted molar refractivity (Wildman–Crippen MR) is 84.5 cm³/mol. The van der Waals surface area contributed by atoms with Crippen molar-refractivity contribution >= 4 is 11.8 Å². The molecule has 2 N–H and O–H groups in total. The van der Waals surface area contributed by atoms with Gasteiger partial charge in [-0.3, -0.25) is 4.79 Å². The van der Waals surface area contributed by atoms with Gasteiger partial charge in [-0.1, -0.05) is 0 Å². The number of Topliss-reactive ketones (excluding diaryl/α,β-unsaturated/α-hetero) is 1. The molecule has 1 unspecified atom stereocenters. The topological polar surface area (TPSA) is 80.4 Å². The number of nitrogens with one attached hydrogen (secondary N) is 2. The molecule has 0 aromatic carbocycles. The van der Waals surface area contributed by atoms with E-state index < -0.39 is 5.97 Å². The van der Waals surface area contributed by atoms with Crippen LogP contribution in [0, 0.1) is 13.8 Å². The third kappa shape index (κ3) is 4.42. The Hall–Kier alpha value is -1.66. The van der Waals surface area contributed by atoms with Crippen LogP contribution in [0.2, 0.25) is 0 Å². The number of carbonyl (C=O) groups excluding carboxylic acids is 2. The van der Waals surface area contributed by atoms with Crippen molar-refractivity contribution in [2.75, 3.05) is 26.9 Å². The zero-order chi connectivity index (χ0) is 16.7. The molecule has 0 aliphatic heterocycles. The molecule has 1 aromatic rings. The Morgan fingerprint density at radius 2 is 2.00 bits per heavy atom. The summed E-state index contributed by atoms with van der Waals surface area (Å²) in [7, 11) is 1.32. The van der Waals surface area contributed by atoms with E-state index in [0.717, 1.165) is 6.42 Å². The molecule has 0 amide bonds. The standard InChI is InChI=1S/C16H26N2O4/c1-6-22-9-7-8-17-12(4)15(19)13-10(2)14(16(20)21-5)18-11(13)3/h12,17-18H,6-9H2,1-5H3. The highest BCUT2D eigenvalue weighted by atomic mass is 16.5. The van der Waals surface area contributed by atoms with Crippen LogP contribution in [0.4, 0.5) is 0 Å². The maximum absolute atomic E-state index is 12.6. The Labute approximate surface area is 131 Å². The van der Waals surface area contributed by atoms with Gasteiger partial charge in [0.25, 0.3) is 0 Å². The molecule has 1 heterocycles. The fourth-order valence-electron chi connectivity index (χ4n) is 2.37. The van der Waals surface area contributed by atoms with Gasteiger partial charge in [-0.15, -0.1) is 0 Å². The van der Waals surface area contributed by atoms with E-state index >= 15 is 0 Å². The van der Waals surface area contributed by atoms with E-state index in [4.69, 9.17) is 9.47 Å². The normalized spacial score (nSPS) is 12.2. The van der Waals surface area contributed by atoms with E-state index in [1.54, 1.807) is 13.8 Å². The molecular weight excluding hydrogens is 284 g/mol. The van der Waals surface area contributed by atoms with Gasteiger partial charge in [0.15, 0.2) is 5.78 Å². The monoisotopic (exact) mass is 310 g/mol. The number of carbonyl (C=O) groups is 2. The molecule has 0 aliphatic rings. The molecule has 6 heteroatoms. The van der Waals surface area contributed by atoms with Crippen molar-refractivity contribution in [3.63, 3.8) is 0 Å². The Morgan fingerprint density at radius 3 is 2.59 bits per heavy atom. The van der Waals surface area contributed by atoms with E-state index in [9.17, 15) is 9.59 Å². The van der Waals surface area contributed by atoms with Crippen LogP contribution in [0.3, 0.4) is 0 Å². The molecule has 0 aliphatic carbocycles. The van der Waals surface area contributed by atoms with Crippen LogP contribution in [0.25, 0.3) is 0 Å². The van der Waals surface area contributed by atoms with Gasteiger partial charge in [0, 0.05) is 24.5 Å². The number of aryl methyl sites for hydroxylation is 1. The predicted octanol–water partition coefficient (Wildman–Crippen LogP) is 2.01. The number of hydrogen-bond acceptors (Lipinski definition) is 5. The van der Waals surface area contributed by atoms with Gasteiger partial charge in [0.1, 0.15) is 5.69 Å². The minimum absolute atomic E-state index is 0.0298. The fraction of sp³-hybridized carbons (Fsp3) is 0.625. The average Bonchev–Trinajstić information content (AvgIpc) is 2.80. The van der Waals surface area contributed by atoms with E-state index in [0.29, 0.717) is 42.3 Å². The molecule has 1 rings (SSSR count). The lowest BCUT2D eigenvalue weighted by atomic mass is 10.0. The number of methoxy groups -OCH3 is 1. The summed E-state index contributed by atoms with van der Waals surface area (Å²) < 4.78 is 9.98. The maximum Gasteiger partial charge on any atom is 0.354 e. The number of H-pyrrole nitrogens is 1. The van der Waals surface area contributed by atoms with Crippen LogP contribution >= 0.6 is 0 Å². The second kappa shape index (κ2) is 8.70. The molecule has 1 aromatic heterocycles. The van der Waals surface area contributed by atoms with E-state index in [2.05, 4.69) is 10.3 Å². The summed E-state index contributed by atoms with van der Waals surface area (Å²) in [4.78, 5) is 27.2. The second-order valence-electron chi connectivity index (χ2n) is 5.21. The molecular formula is C16H26N2O4. The number of rotatable bonds is 9. The highest BCUT2D eigenvalue weighted by Crippen LogP contribution is 2.20. The molecule has 0 fully saturated rings. The smallest absolute Gasteiger partial charge is 0.354 e. The zero-order valence-electron chi connectivity index (χ0n) is 14.0. The summed E-state index contributed by atoms with van der Waals surface area (Å²) in [5.74, 6) is -0.491. The highest BCUT2D eigenvalue weighted by Gasteiger charge is 2.25. The number of hydrogen-bond donors (Lipinski definition) is 2. The van der Waals surface area contributed by atoms with Gasteiger partial charge in [-0.05, 0) is 46.2 Å². The highest BCUT2D eigenvalue weighted by molar-refractivity contribution is 6.05. The van der Waals surface area contributed by atoms with Gasteiger partial charge in [-0.25, -0.2) is 4.79 Å². The molecule has 124 valence electrons. The van der Waals surface area contributed by atoms with Crippen molar-refractivity contribution in [3.8, 4) is 0 Å². The zero-order valence-corrected chi connectivity index (χ0v) is 14.0. The van der Waals surface area contributed by atoms with Gasteiger partial charge < -0.3 is 19.8 Å². The molecule has 0 saturated heterocycles. The molecule has 0 bridgehead atoms. The lowest BCUT2D eigenvalue weighted by Gasteiger charge is -2.13. The minimum atomic E-state index is -0.461. The Morgan fingerprint density at radius 1 is 1.32 bits per heavy atom. The van der Waals surface area contributed by atoms with Crippen LogP contribution in [-0.2, 0) is 9.47 Å². The number of aromatic amines is 1. The van der Waals surface area contributed by atoms with E-state index in [-0.39, 0.29) is 11.8 Å². The fourth-order valence-corrected chi connectivity index (χ4v) is 2.37. The van der Waals surface area contributed by atoms with Crippen LogP contribution < -0.4 is 5.32 Å². The van der Waals surface area contributed by atoms with Crippen LogP contribution in [0.5, 0.6) is 0 Å². The molecule has 0 radical (unpaired) electrons. The summed E-state index contributed by atoms with van der Waals surface area (Å²) >= 11 is 0. The Kier molecular flexibility index (Phi) is 7.27. The lowest BCUT2D eigenvalue weighted by Crippen LogP contribution is -2.35. The maximum atomic E-state index is 12.6. The molecule has 6 nitrogen and oxygen atoms in total. The first-order valence-electron chi connectivity index (χ1n) is 7.56. The Bertz CT molecular complexity index is 522. The molecule has 22 heavy (non-hydrogen) atoms. The van der Waals surface area contributed by atoms with Crippen molar-refractivity contribution in [2.45, 2.75) is 40.2 Å². The first-order chi connectivity index (χ1) is 10.4. The molecule has 0 spiro atoms. The quantitative estimate of drug-likeness (QED) is 0.414. The summed E-state index contributed by atoms with van der Waals surface area (Å²) in [6.45, 7) is 9.41. The van der Waals surface area contributed by atoms with Crippen molar-refractivity contribution in [1.82, 2.24) is 10.3 Å². The third-order valence-corrected chi connectivity index (χ3v) is 3.59. The third-order valence-electron chi connectivity index (χ3n) is 3.59. The van der Waals surface area contributed by atoms with Crippen LogP contribution in [0.1, 0.15) is 52.4 Å². The minimum Gasteiger partial charge on any atom is -0.464 e. The summed E-state index contributed by atoms with van der Waals surface area (Å²) in [5.41, 5.74) is 2.22. The van der Waals surface area contributed by atoms with E-state index in [1.165, 1.54) is 7.11 Å². The molecule has 0 saturated carbocycles. The average molecular weight is 310 g/mol. The van der Waals surface area contributed by atoms with Crippen molar-refractivity contribution in [3.05, 3.63) is 22.5 Å². The second-order valence-corrected chi connectivity index (χ2v) is 5.21. The number of ether oxygens (including phenoxy) is 2. The summed E-state index contributed by atoms with van der Waals surface area (Å²) in [5, 5.41) is 3.19. The number of aromatic nitrogens is 1. The van der Waals surface area contributed by atoms with Crippen molar-refractivity contribution < 1.29 is 19.1 Å². The first-order valence-corrected chi connectivity index (χ1v) is 7.56. The van der Waals surface area contributed by atoms with E-state index in [1.807, 2.05) is 13.8 Å². The summed E-state index contributed by atoms with van der Waals surface area (Å²) in [6.07, 6.45) is 0.851. The van der Waals surface area contributed by atoms with Gasteiger partial charge in [0.2, 0.25) is 0 Å². The number of esters is 1. The van der Waals surface area contributed by atoms with Gasteiger partial charge >= 0.3 is 5.97 Å². The van der Waals surface area contributed by atoms with Crippen molar-refractivity contribution in [2.24, 2.45) is 0 Å². The van der Waals surface area contributed by atoms with Gasteiger partial charge in [0.05, 0.1) is 13.2 Å². The first kappa shape index (κ1) is 18.4. The summed E-state index contributed by atoms with van der Waals surface area (Å²) in [6, 6.07) is -0.319. The van der Waals surface area contributed by atoms with Crippen LogP contribution in [0.15, 0.2) is 0 Å². The Balaban J connectivity index is 2.72. The number of ketones is 1. The van der Waals surface area contributed by atoms with Crippen molar-refractivity contribution in [1.29, 1.82) is 0 Å². The van der Waals surface area contributed by atoms with Crippen LogP contribution in [-0.4, -0.2) is 49.6 Å². The molecule has 1 atom stereocenters. The SMILES string of the molecule is CCOCCCNC(C)C(=O)c1c(C)[nH]c(C(=O)OC)c1C. The lowest BCUT2D eigenvalue weighted by molar-refractivity contribution is 0.0594.